The molecule has 1 N–H and O–H groups in total. The van der Waals surface area contributed by atoms with Gasteiger partial charge in [-0.25, -0.2) is 0 Å². The summed E-state index contributed by atoms with van der Waals surface area (Å²) in [5.74, 6) is 1.35. The zero-order valence-corrected chi connectivity index (χ0v) is 10.0. The second-order valence-corrected chi connectivity index (χ2v) is 4.25. The lowest BCUT2D eigenvalue weighted by molar-refractivity contribution is -0.116. The summed E-state index contributed by atoms with van der Waals surface area (Å²) < 4.78 is 5.21. The van der Waals surface area contributed by atoms with E-state index in [9.17, 15) is 4.79 Å². The minimum absolute atomic E-state index is 0.102. The molecule has 2 rings (SSSR count). The van der Waals surface area contributed by atoms with E-state index in [1.807, 2.05) is 6.07 Å². The van der Waals surface area contributed by atoms with E-state index in [2.05, 4.69) is 24.0 Å². The fourth-order valence-electron chi connectivity index (χ4n) is 2.21. The van der Waals surface area contributed by atoms with E-state index in [1.54, 1.807) is 7.11 Å². The van der Waals surface area contributed by atoms with E-state index in [-0.39, 0.29) is 5.91 Å². The number of hydrogen-bond acceptors (Lipinski definition) is 2. The maximum absolute atomic E-state index is 11.0. The highest BCUT2D eigenvalue weighted by Crippen LogP contribution is 2.39. The first-order valence-corrected chi connectivity index (χ1v) is 5.81. The van der Waals surface area contributed by atoms with E-state index >= 15 is 0 Å². The Balaban J connectivity index is 1.88. The van der Waals surface area contributed by atoms with Gasteiger partial charge in [-0.15, -0.1) is 0 Å². The van der Waals surface area contributed by atoms with E-state index in [4.69, 9.17) is 4.74 Å². The zero-order valence-electron chi connectivity index (χ0n) is 10.0. The van der Waals surface area contributed by atoms with E-state index in [0.29, 0.717) is 12.5 Å². The second kappa shape index (κ2) is 5.04. The van der Waals surface area contributed by atoms with Crippen LogP contribution >= 0.6 is 0 Å². The summed E-state index contributed by atoms with van der Waals surface area (Å²) in [6.45, 7) is 4.12. The molecule has 0 spiro atoms. The summed E-state index contributed by atoms with van der Waals surface area (Å²) in [5.41, 5.74) is 2.75. The topological polar surface area (TPSA) is 38.3 Å². The molecule has 1 unspecified atom stereocenters. The van der Waals surface area contributed by atoms with Crippen LogP contribution in [0, 0.1) is 0 Å². The summed E-state index contributed by atoms with van der Waals surface area (Å²) in [6.07, 6.45) is 3.38. The van der Waals surface area contributed by atoms with Crippen molar-refractivity contribution in [1.29, 1.82) is 0 Å². The van der Waals surface area contributed by atoms with E-state index < -0.39 is 0 Å². The number of carbonyl (C=O) groups is 1. The Hall–Kier alpha value is -1.77. The van der Waals surface area contributed by atoms with Crippen molar-refractivity contribution in [2.24, 2.45) is 0 Å². The molecule has 90 valence electrons. The van der Waals surface area contributed by atoms with Crippen LogP contribution in [0.1, 0.15) is 23.5 Å². The monoisotopic (exact) mass is 231 g/mol. The number of nitrogens with one attached hydrogen (secondary N) is 1. The molecule has 0 saturated heterocycles. The molecule has 3 nitrogen and oxygen atoms in total. The number of ether oxygens (including phenoxy) is 1. The molecule has 1 amide bonds. The van der Waals surface area contributed by atoms with Crippen molar-refractivity contribution in [2.45, 2.75) is 18.8 Å². The molecule has 1 aromatic rings. The summed E-state index contributed by atoms with van der Waals surface area (Å²) in [4.78, 5) is 11.0. The van der Waals surface area contributed by atoms with Crippen molar-refractivity contribution in [2.75, 3.05) is 13.7 Å². The van der Waals surface area contributed by atoms with Gasteiger partial charge in [-0.2, -0.15) is 0 Å². The highest BCUT2D eigenvalue weighted by molar-refractivity contribution is 5.86. The van der Waals surface area contributed by atoms with Crippen molar-refractivity contribution in [3.05, 3.63) is 42.0 Å². The predicted molar refractivity (Wildman–Crippen MR) is 67.3 cm³/mol. The lowest BCUT2D eigenvalue weighted by Gasteiger charge is -2.30. The van der Waals surface area contributed by atoms with Crippen LogP contribution in [0.4, 0.5) is 0 Å². The molecule has 0 fully saturated rings. The molecule has 0 saturated carbocycles. The summed E-state index contributed by atoms with van der Waals surface area (Å²) in [6, 6.07) is 6.21. The Morgan fingerprint density at radius 2 is 2.47 bits per heavy atom. The minimum atomic E-state index is -0.102. The molecule has 0 radical (unpaired) electrons. The lowest BCUT2D eigenvalue weighted by Crippen LogP contribution is -2.26. The summed E-state index contributed by atoms with van der Waals surface area (Å²) >= 11 is 0. The number of fused-ring (bicyclic) bond motifs is 1. The SMILES string of the molecule is C=CC(=O)NCCC1Cc2ccc(OC)cc21. The van der Waals surface area contributed by atoms with Gasteiger partial charge in [0.2, 0.25) is 5.91 Å². The van der Waals surface area contributed by atoms with Crippen LogP contribution in [0.25, 0.3) is 0 Å². The molecular weight excluding hydrogens is 214 g/mol. The van der Waals surface area contributed by atoms with Crippen LogP contribution < -0.4 is 10.1 Å². The number of hydrogen-bond donors (Lipinski definition) is 1. The van der Waals surface area contributed by atoms with Crippen molar-refractivity contribution in [1.82, 2.24) is 5.32 Å². The third kappa shape index (κ3) is 2.49. The van der Waals surface area contributed by atoms with Gasteiger partial charge in [-0.1, -0.05) is 12.6 Å². The average Bonchev–Trinajstić information content (AvgIpc) is 2.34. The Morgan fingerprint density at radius 3 is 3.18 bits per heavy atom. The second-order valence-electron chi connectivity index (χ2n) is 4.25. The fourth-order valence-corrected chi connectivity index (χ4v) is 2.21. The molecule has 1 aliphatic rings. The van der Waals surface area contributed by atoms with Crippen molar-refractivity contribution >= 4 is 5.91 Å². The van der Waals surface area contributed by atoms with Gasteiger partial charge in [0.1, 0.15) is 5.75 Å². The van der Waals surface area contributed by atoms with Crippen molar-refractivity contribution in [3.63, 3.8) is 0 Å². The van der Waals surface area contributed by atoms with Crippen molar-refractivity contribution < 1.29 is 9.53 Å². The largest absolute Gasteiger partial charge is 0.497 e. The Labute approximate surface area is 101 Å². The first kappa shape index (κ1) is 11.7. The van der Waals surface area contributed by atoms with Crippen molar-refractivity contribution in [3.8, 4) is 5.75 Å². The summed E-state index contributed by atoms with van der Waals surface area (Å²) in [7, 11) is 1.68. The van der Waals surface area contributed by atoms with Crippen LogP contribution in [0.5, 0.6) is 5.75 Å². The number of rotatable bonds is 5. The van der Waals surface area contributed by atoms with Gasteiger partial charge in [-0.3, -0.25) is 4.79 Å². The highest BCUT2D eigenvalue weighted by Gasteiger charge is 2.25. The Bertz CT molecular complexity index is 440. The molecular formula is C14H17NO2. The molecule has 0 heterocycles. The maximum Gasteiger partial charge on any atom is 0.243 e. The Morgan fingerprint density at radius 1 is 1.65 bits per heavy atom. The molecule has 0 bridgehead atoms. The third-order valence-electron chi connectivity index (χ3n) is 3.24. The van der Waals surface area contributed by atoms with Crippen LogP contribution in [0.2, 0.25) is 0 Å². The van der Waals surface area contributed by atoms with Gasteiger partial charge in [0.25, 0.3) is 0 Å². The number of carbonyl (C=O) groups excluding carboxylic acids is 1. The lowest BCUT2D eigenvalue weighted by atomic mass is 9.76. The molecule has 1 atom stereocenters. The number of methoxy groups -OCH3 is 1. The summed E-state index contributed by atoms with van der Waals surface area (Å²) in [5, 5.41) is 2.80. The first-order chi connectivity index (χ1) is 8.24. The van der Waals surface area contributed by atoms with Crippen LogP contribution in [-0.4, -0.2) is 19.6 Å². The van der Waals surface area contributed by atoms with E-state index in [0.717, 1.165) is 18.6 Å². The van der Waals surface area contributed by atoms with Gasteiger partial charge < -0.3 is 10.1 Å². The minimum Gasteiger partial charge on any atom is -0.497 e. The van der Waals surface area contributed by atoms with Gasteiger partial charge in [0, 0.05) is 6.54 Å². The van der Waals surface area contributed by atoms with Gasteiger partial charge in [0.05, 0.1) is 7.11 Å². The molecule has 0 aromatic heterocycles. The standard InChI is InChI=1S/C14H17NO2/c1-3-14(16)15-7-6-11-8-10-4-5-12(17-2)9-13(10)11/h3-5,9,11H,1,6-8H2,2H3,(H,15,16). The molecule has 1 aromatic carbocycles. The normalized spacial score (nSPS) is 16.6. The van der Waals surface area contributed by atoms with E-state index in [1.165, 1.54) is 17.2 Å². The molecule has 0 aliphatic heterocycles. The van der Waals surface area contributed by atoms with Crippen LogP contribution in [-0.2, 0) is 11.2 Å². The van der Waals surface area contributed by atoms with Crippen LogP contribution in [0.3, 0.4) is 0 Å². The molecule has 17 heavy (non-hydrogen) atoms. The van der Waals surface area contributed by atoms with Gasteiger partial charge in [0.15, 0.2) is 0 Å². The first-order valence-electron chi connectivity index (χ1n) is 5.81. The molecule has 3 heteroatoms. The third-order valence-corrected chi connectivity index (χ3v) is 3.24. The quantitative estimate of drug-likeness (QED) is 0.787. The smallest absolute Gasteiger partial charge is 0.243 e. The predicted octanol–water partition coefficient (Wildman–Crippen LogP) is 2.03. The highest BCUT2D eigenvalue weighted by atomic mass is 16.5. The number of amides is 1. The van der Waals surface area contributed by atoms with Gasteiger partial charge in [-0.05, 0) is 48.1 Å². The maximum atomic E-state index is 11.0. The van der Waals surface area contributed by atoms with Crippen LogP contribution in [0.15, 0.2) is 30.9 Å². The Kier molecular flexibility index (Phi) is 3.47. The number of benzene rings is 1. The fraction of sp³-hybridized carbons (Fsp3) is 0.357. The average molecular weight is 231 g/mol. The van der Waals surface area contributed by atoms with Gasteiger partial charge >= 0.3 is 0 Å². The zero-order chi connectivity index (χ0) is 12.3. The molecule has 1 aliphatic carbocycles.